The molecule has 35 heavy (non-hydrogen) atoms. The first-order valence-electron chi connectivity index (χ1n) is 12.6. The van der Waals surface area contributed by atoms with Gasteiger partial charge in [-0.2, -0.15) is 0 Å². The van der Waals surface area contributed by atoms with Crippen molar-refractivity contribution in [3.8, 4) is 0 Å². The molecule has 0 saturated heterocycles. The number of hydrogen-bond donors (Lipinski definition) is 5. The largest absolute Gasteiger partial charge is 0.445 e. The first kappa shape index (κ1) is 24.5. The van der Waals surface area contributed by atoms with Crippen LogP contribution < -0.4 is 5.32 Å². The molecule has 2 fully saturated rings. The first-order valence-corrected chi connectivity index (χ1v) is 12.6. The summed E-state index contributed by atoms with van der Waals surface area (Å²) in [5, 5.41) is 49.3. The van der Waals surface area contributed by atoms with Crippen molar-refractivity contribution >= 4 is 6.09 Å². The number of aliphatic hydroxyl groups excluding tert-OH is 3. The maximum Gasteiger partial charge on any atom is 0.407 e. The highest BCUT2D eigenvalue weighted by atomic mass is 16.5. The Morgan fingerprint density at radius 3 is 2.51 bits per heavy atom. The van der Waals surface area contributed by atoms with Gasteiger partial charge in [0.2, 0.25) is 0 Å². The van der Waals surface area contributed by atoms with Crippen LogP contribution in [0.1, 0.15) is 39.7 Å². The molecule has 1 aromatic rings. The highest BCUT2D eigenvalue weighted by Gasteiger charge is 2.75. The van der Waals surface area contributed by atoms with Crippen LogP contribution in [0.4, 0.5) is 4.79 Å². The van der Waals surface area contributed by atoms with Gasteiger partial charge in [-0.05, 0) is 53.2 Å². The molecule has 0 radical (unpaired) electrons. The summed E-state index contributed by atoms with van der Waals surface area (Å²) >= 11 is 0. The van der Waals surface area contributed by atoms with Crippen LogP contribution in [-0.4, -0.2) is 57.0 Å². The Hall–Kier alpha value is -2.19. The molecule has 1 spiro atoms. The third-order valence-electron chi connectivity index (χ3n) is 9.66. The molecule has 1 aromatic carbocycles. The SMILES string of the molecule is CC1=C[C@]23C(O)[C@@H](C=C(COC(=O)NCc4ccccc4)[C@@H](O)[C@]2(O)[C@H]1O)[C@H]1[C@@H](C[C@H]3C)C1(C)C. The van der Waals surface area contributed by atoms with Gasteiger partial charge in [-0.1, -0.05) is 63.3 Å². The molecule has 4 aliphatic rings. The molecule has 5 rings (SSSR count). The highest BCUT2D eigenvalue weighted by Crippen LogP contribution is 2.72. The average Bonchev–Trinajstić information content (AvgIpc) is 3.33. The number of amides is 1. The summed E-state index contributed by atoms with van der Waals surface area (Å²) in [5.41, 5.74) is -1.45. The van der Waals surface area contributed by atoms with Crippen molar-refractivity contribution in [1.29, 1.82) is 0 Å². The zero-order valence-electron chi connectivity index (χ0n) is 20.8. The smallest absolute Gasteiger partial charge is 0.407 e. The van der Waals surface area contributed by atoms with Crippen LogP contribution in [0, 0.1) is 34.5 Å². The minimum absolute atomic E-state index is 0.0143. The maximum atomic E-state index is 12.4. The summed E-state index contributed by atoms with van der Waals surface area (Å²) in [6.45, 7) is 8.15. The van der Waals surface area contributed by atoms with E-state index in [1.807, 2.05) is 37.3 Å². The second-order valence-electron chi connectivity index (χ2n) is 11.7. The summed E-state index contributed by atoms with van der Waals surface area (Å²) in [6, 6.07) is 9.45. The minimum Gasteiger partial charge on any atom is -0.445 e. The Morgan fingerprint density at radius 2 is 1.83 bits per heavy atom. The van der Waals surface area contributed by atoms with Gasteiger partial charge in [0.15, 0.2) is 0 Å². The third kappa shape index (κ3) is 3.35. The Bertz CT molecular complexity index is 1070. The lowest BCUT2D eigenvalue weighted by Gasteiger charge is -2.51. The minimum atomic E-state index is -2.03. The van der Waals surface area contributed by atoms with E-state index in [9.17, 15) is 25.2 Å². The van der Waals surface area contributed by atoms with Crippen molar-refractivity contribution in [2.45, 2.75) is 64.6 Å². The molecule has 0 aliphatic heterocycles. The lowest BCUT2D eigenvalue weighted by molar-refractivity contribution is -0.215. The molecule has 7 nitrogen and oxygen atoms in total. The van der Waals surface area contributed by atoms with Gasteiger partial charge in [-0.3, -0.25) is 0 Å². The fraction of sp³-hybridized carbons (Fsp3) is 0.607. The van der Waals surface area contributed by atoms with Crippen molar-refractivity contribution in [3.05, 3.63) is 59.2 Å². The molecular formula is C28H37NO6. The lowest BCUT2D eigenvalue weighted by atomic mass is 9.58. The topological polar surface area (TPSA) is 119 Å². The van der Waals surface area contributed by atoms with Crippen molar-refractivity contribution in [2.75, 3.05) is 6.61 Å². The second kappa shape index (κ2) is 8.17. The van der Waals surface area contributed by atoms with Gasteiger partial charge in [0.25, 0.3) is 0 Å². The van der Waals surface area contributed by atoms with Crippen LogP contribution in [0.25, 0.3) is 0 Å². The third-order valence-corrected chi connectivity index (χ3v) is 9.66. The van der Waals surface area contributed by atoms with Gasteiger partial charge in [0.05, 0.1) is 11.5 Å². The van der Waals surface area contributed by atoms with Gasteiger partial charge in [-0.15, -0.1) is 0 Å². The Morgan fingerprint density at radius 1 is 1.14 bits per heavy atom. The van der Waals surface area contributed by atoms with E-state index in [1.165, 1.54) is 0 Å². The molecule has 0 aromatic heterocycles. The zero-order chi connectivity index (χ0) is 25.3. The van der Waals surface area contributed by atoms with E-state index >= 15 is 0 Å². The summed E-state index contributed by atoms with van der Waals surface area (Å²) in [7, 11) is 0. The number of carbonyl (C=O) groups is 1. The van der Waals surface area contributed by atoms with Gasteiger partial charge in [0, 0.05) is 12.5 Å². The number of ether oxygens (including phenoxy) is 1. The van der Waals surface area contributed by atoms with E-state index in [-0.39, 0.29) is 29.8 Å². The van der Waals surface area contributed by atoms with Crippen LogP contribution in [0.15, 0.2) is 53.6 Å². The van der Waals surface area contributed by atoms with Crippen molar-refractivity contribution in [1.82, 2.24) is 5.32 Å². The fourth-order valence-corrected chi connectivity index (χ4v) is 7.70. The molecule has 4 aliphatic carbocycles. The van der Waals surface area contributed by atoms with Crippen LogP contribution in [-0.2, 0) is 11.3 Å². The number of carbonyl (C=O) groups excluding carboxylic acids is 1. The Labute approximate surface area is 206 Å². The number of nitrogens with one attached hydrogen (secondary N) is 1. The van der Waals surface area contributed by atoms with E-state index in [0.29, 0.717) is 23.6 Å². The maximum absolute atomic E-state index is 12.4. The van der Waals surface area contributed by atoms with E-state index in [0.717, 1.165) is 12.0 Å². The normalized spacial score (nSPS) is 43.0. The molecule has 1 unspecified atom stereocenters. The predicted molar refractivity (Wildman–Crippen MR) is 130 cm³/mol. The standard InChI is InChI=1S/C28H37NO6/c1-15-12-27-16(2)10-20-21(26(20,3)4)19(24(27)32)11-18(23(31)28(27,34)22(15)30)14-35-25(33)29-13-17-8-6-5-7-9-17/h5-9,11-12,16,19-24,30-32,34H,10,13-14H2,1-4H3,(H,29,33)/t16-,19+,20-,21+,22+,23-,24?,27+,28-/m1/s1. The Kier molecular flexibility index (Phi) is 5.72. The molecule has 5 N–H and O–H groups in total. The quantitative estimate of drug-likeness (QED) is 0.420. The molecule has 0 heterocycles. The Balaban J connectivity index is 1.45. The van der Waals surface area contributed by atoms with Crippen LogP contribution >= 0.6 is 0 Å². The molecule has 7 heteroatoms. The van der Waals surface area contributed by atoms with Gasteiger partial charge in [0.1, 0.15) is 24.4 Å². The summed E-state index contributed by atoms with van der Waals surface area (Å²) in [4.78, 5) is 12.4. The van der Waals surface area contributed by atoms with Crippen molar-refractivity contribution in [2.24, 2.45) is 34.5 Å². The fourth-order valence-electron chi connectivity index (χ4n) is 7.70. The van der Waals surface area contributed by atoms with Gasteiger partial charge in [-0.25, -0.2) is 4.79 Å². The van der Waals surface area contributed by atoms with E-state index in [4.69, 9.17) is 4.74 Å². The molecular weight excluding hydrogens is 446 g/mol. The molecule has 190 valence electrons. The van der Waals surface area contributed by atoms with E-state index in [1.54, 1.807) is 19.1 Å². The second-order valence-corrected chi connectivity index (χ2v) is 11.7. The lowest BCUT2D eigenvalue weighted by Crippen LogP contribution is -2.66. The number of rotatable bonds is 4. The van der Waals surface area contributed by atoms with Crippen molar-refractivity contribution < 1.29 is 30.0 Å². The molecule has 9 atom stereocenters. The van der Waals surface area contributed by atoms with Crippen LogP contribution in [0.5, 0.6) is 0 Å². The summed E-state index contributed by atoms with van der Waals surface area (Å²) < 4.78 is 5.46. The van der Waals surface area contributed by atoms with Crippen molar-refractivity contribution in [3.63, 3.8) is 0 Å². The van der Waals surface area contributed by atoms with Crippen LogP contribution in [0.2, 0.25) is 0 Å². The number of hydrogen-bond acceptors (Lipinski definition) is 6. The number of alkyl carbamates (subject to hydrolysis) is 1. The highest BCUT2D eigenvalue weighted by molar-refractivity contribution is 5.67. The van der Waals surface area contributed by atoms with E-state index < -0.39 is 35.4 Å². The summed E-state index contributed by atoms with van der Waals surface area (Å²) in [5.74, 6) is 0.00704. The predicted octanol–water partition coefficient (Wildman–Crippen LogP) is 2.54. The van der Waals surface area contributed by atoms with E-state index in [2.05, 4.69) is 19.2 Å². The number of fused-ring (bicyclic) bond motifs is 3. The van der Waals surface area contributed by atoms with Gasteiger partial charge >= 0.3 is 6.09 Å². The monoisotopic (exact) mass is 483 g/mol. The van der Waals surface area contributed by atoms with Crippen LogP contribution in [0.3, 0.4) is 0 Å². The average molecular weight is 484 g/mol. The molecule has 2 saturated carbocycles. The number of benzene rings is 1. The van der Waals surface area contributed by atoms with Gasteiger partial charge < -0.3 is 30.5 Å². The summed E-state index contributed by atoms with van der Waals surface area (Å²) in [6.07, 6.45) is -0.0973. The molecule has 1 amide bonds. The number of aliphatic hydroxyl groups is 4. The molecule has 2 bridgehead atoms. The zero-order valence-corrected chi connectivity index (χ0v) is 20.8. The first-order chi connectivity index (χ1) is 16.5.